The van der Waals surface area contributed by atoms with Gasteiger partial charge in [-0.25, -0.2) is 4.79 Å². The second-order valence-corrected chi connectivity index (χ2v) is 4.20. The molecule has 1 heterocycles. The van der Waals surface area contributed by atoms with E-state index in [4.69, 9.17) is 9.15 Å². The average molecular weight is 252 g/mol. The number of fused-ring (bicyclic) bond motifs is 3. The fourth-order valence-corrected chi connectivity index (χ4v) is 2.10. The van der Waals surface area contributed by atoms with Gasteiger partial charge in [0.1, 0.15) is 12.2 Å². The monoisotopic (exact) mass is 252 g/mol. The molecule has 1 aromatic heterocycles. The van der Waals surface area contributed by atoms with Crippen molar-refractivity contribution in [1.82, 2.24) is 0 Å². The summed E-state index contributed by atoms with van der Waals surface area (Å²) in [6.07, 6.45) is 1.52. The van der Waals surface area contributed by atoms with Crippen LogP contribution in [0.1, 0.15) is 10.6 Å². The van der Waals surface area contributed by atoms with E-state index in [1.54, 1.807) is 6.07 Å². The van der Waals surface area contributed by atoms with Crippen LogP contribution in [0.3, 0.4) is 0 Å². The Balaban J connectivity index is 2.12. The summed E-state index contributed by atoms with van der Waals surface area (Å²) in [6, 6.07) is 13.5. The number of benzene rings is 2. The van der Waals surface area contributed by atoms with E-state index < -0.39 is 5.97 Å². The fraction of sp³-hybridized carbons (Fsp3) is 0.0625. The molecule has 0 unspecified atom stereocenters. The Morgan fingerprint density at radius 2 is 2.05 bits per heavy atom. The van der Waals surface area contributed by atoms with Gasteiger partial charge in [-0.1, -0.05) is 43.0 Å². The maximum atomic E-state index is 11.7. The van der Waals surface area contributed by atoms with E-state index in [0.29, 0.717) is 5.58 Å². The summed E-state index contributed by atoms with van der Waals surface area (Å²) in [5.74, 6) is -0.256. The Bertz CT molecular complexity index is 768. The second-order valence-electron chi connectivity index (χ2n) is 4.20. The molecule has 3 nitrogen and oxygen atoms in total. The molecule has 19 heavy (non-hydrogen) atoms. The van der Waals surface area contributed by atoms with Crippen molar-refractivity contribution in [2.24, 2.45) is 0 Å². The van der Waals surface area contributed by atoms with Crippen LogP contribution in [0.4, 0.5) is 0 Å². The lowest BCUT2D eigenvalue weighted by molar-refractivity contribution is 0.0516. The highest BCUT2D eigenvalue weighted by Crippen LogP contribution is 2.28. The topological polar surface area (TPSA) is 39.4 Å². The van der Waals surface area contributed by atoms with Crippen LogP contribution in [0.25, 0.3) is 21.7 Å². The van der Waals surface area contributed by atoms with E-state index in [1.165, 1.54) is 6.08 Å². The summed E-state index contributed by atoms with van der Waals surface area (Å²) in [6.45, 7) is 3.68. The smallest absolute Gasteiger partial charge is 0.374 e. The van der Waals surface area contributed by atoms with Crippen LogP contribution >= 0.6 is 0 Å². The molecule has 0 N–H and O–H groups in total. The molecule has 3 rings (SSSR count). The molecular weight excluding hydrogens is 240 g/mol. The van der Waals surface area contributed by atoms with E-state index in [2.05, 4.69) is 6.58 Å². The van der Waals surface area contributed by atoms with E-state index in [-0.39, 0.29) is 12.4 Å². The van der Waals surface area contributed by atoms with Crippen molar-refractivity contribution in [2.45, 2.75) is 0 Å². The summed E-state index contributed by atoms with van der Waals surface area (Å²) in [5.41, 5.74) is 0.684. The van der Waals surface area contributed by atoms with Gasteiger partial charge in [0.25, 0.3) is 0 Å². The Labute approximate surface area is 110 Å². The molecule has 0 aliphatic heterocycles. The molecule has 0 bridgehead atoms. The summed E-state index contributed by atoms with van der Waals surface area (Å²) in [7, 11) is 0. The first-order chi connectivity index (χ1) is 9.29. The van der Waals surface area contributed by atoms with E-state index >= 15 is 0 Å². The third-order valence-corrected chi connectivity index (χ3v) is 2.96. The summed E-state index contributed by atoms with van der Waals surface area (Å²) < 4.78 is 10.5. The second kappa shape index (κ2) is 4.61. The van der Waals surface area contributed by atoms with Gasteiger partial charge in [0.2, 0.25) is 5.76 Å². The number of carbonyl (C=O) groups is 1. The van der Waals surface area contributed by atoms with Crippen molar-refractivity contribution in [3.8, 4) is 0 Å². The lowest BCUT2D eigenvalue weighted by atomic mass is 10.1. The molecular formula is C16H12O3. The standard InChI is InChI=1S/C16H12O3/c1-2-9-18-16(17)15-10-13-12-6-4-3-5-11(12)7-8-14(13)19-15/h2-8,10H,1,9H2. The zero-order chi connectivity index (χ0) is 13.2. The number of carbonyl (C=O) groups excluding carboxylic acids is 1. The number of esters is 1. The molecule has 0 spiro atoms. The van der Waals surface area contributed by atoms with Gasteiger partial charge in [0.15, 0.2) is 0 Å². The molecule has 0 aliphatic rings. The van der Waals surface area contributed by atoms with Gasteiger partial charge in [0, 0.05) is 5.39 Å². The van der Waals surface area contributed by atoms with Gasteiger partial charge in [-0.05, 0) is 22.9 Å². The highest BCUT2D eigenvalue weighted by atomic mass is 16.5. The minimum absolute atomic E-state index is 0.177. The van der Waals surface area contributed by atoms with Crippen LogP contribution in [-0.4, -0.2) is 12.6 Å². The minimum atomic E-state index is -0.472. The Morgan fingerprint density at radius 1 is 1.21 bits per heavy atom. The number of hydrogen-bond donors (Lipinski definition) is 0. The van der Waals surface area contributed by atoms with Crippen molar-refractivity contribution in [3.63, 3.8) is 0 Å². The maximum Gasteiger partial charge on any atom is 0.374 e. The third kappa shape index (κ3) is 1.99. The van der Waals surface area contributed by atoms with Crippen LogP contribution in [0.2, 0.25) is 0 Å². The normalized spacial score (nSPS) is 10.7. The first kappa shape index (κ1) is 11.5. The maximum absolute atomic E-state index is 11.7. The summed E-state index contributed by atoms with van der Waals surface area (Å²) >= 11 is 0. The number of furan rings is 1. The van der Waals surface area contributed by atoms with E-state index in [9.17, 15) is 4.79 Å². The van der Waals surface area contributed by atoms with Crippen molar-refractivity contribution in [3.05, 3.63) is 60.9 Å². The summed E-state index contributed by atoms with van der Waals surface area (Å²) in [4.78, 5) is 11.7. The molecule has 0 aliphatic carbocycles. The van der Waals surface area contributed by atoms with Crippen LogP contribution in [0.5, 0.6) is 0 Å². The SMILES string of the molecule is C=CCOC(=O)c1cc2c(ccc3ccccc32)o1. The van der Waals surface area contributed by atoms with Crippen LogP contribution in [0.15, 0.2) is 59.5 Å². The van der Waals surface area contributed by atoms with Crippen LogP contribution < -0.4 is 0 Å². The van der Waals surface area contributed by atoms with Gasteiger partial charge >= 0.3 is 5.97 Å². The Hall–Kier alpha value is -2.55. The molecule has 0 atom stereocenters. The molecule has 3 heteroatoms. The van der Waals surface area contributed by atoms with Gasteiger partial charge in [-0.15, -0.1) is 0 Å². The van der Waals surface area contributed by atoms with E-state index in [1.807, 2.05) is 36.4 Å². The quantitative estimate of drug-likeness (QED) is 0.523. The van der Waals surface area contributed by atoms with Crippen molar-refractivity contribution in [1.29, 1.82) is 0 Å². The molecule has 0 fully saturated rings. The fourth-order valence-electron chi connectivity index (χ4n) is 2.10. The largest absolute Gasteiger partial charge is 0.456 e. The zero-order valence-corrected chi connectivity index (χ0v) is 10.3. The molecule has 2 aromatic carbocycles. The highest BCUT2D eigenvalue weighted by Gasteiger charge is 2.14. The minimum Gasteiger partial charge on any atom is -0.456 e. The summed E-state index contributed by atoms with van der Waals surface area (Å²) in [5, 5.41) is 3.09. The molecule has 0 amide bonds. The molecule has 0 saturated heterocycles. The van der Waals surface area contributed by atoms with Gasteiger partial charge in [-0.2, -0.15) is 0 Å². The molecule has 3 aromatic rings. The Morgan fingerprint density at radius 3 is 2.89 bits per heavy atom. The molecule has 0 radical (unpaired) electrons. The highest BCUT2D eigenvalue weighted by molar-refractivity contribution is 6.07. The van der Waals surface area contributed by atoms with Crippen LogP contribution in [0, 0.1) is 0 Å². The predicted octanol–water partition coefficient (Wildman–Crippen LogP) is 3.93. The third-order valence-electron chi connectivity index (χ3n) is 2.96. The average Bonchev–Trinajstić information content (AvgIpc) is 2.89. The first-order valence-electron chi connectivity index (χ1n) is 5.99. The number of rotatable bonds is 3. The zero-order valence-electron chi connectivity index (χ0n) is 10.3. The van der Waals surface area contributed by atoms with Gasteiger partial charge in [-0.3, -0.25) is 0 Å². The Kier molecular flexibility index (Phi) is 2.80. The number of hydrogen-bond acceptors (Lipinski definition) is 3. The van der Waals surface area contributed by atoms with Gasteiger partial charge in [0.05, 0.1) is 0 Å². The van der Waals surface area contributed by atoms with Crippen LogP contribution in [-0.2, 0) is 4.74 Å². The molecule has 0 saturated carbocycles. The van der Waals surface area contributed by atoms with E-state index in [0.717, 1.165) is 16.2 Å². The lowest BCUT2D eigenvalue weighted by Gasteiger charge is -1.96. The van der Waals surface area contributed by atoms with Gasteiger partial charge < -0.3 is 9.15 Å². The number of ether oxygens (including phenoxy) is 1. The predicted molar refractivity (Wildman–Crippen MR) is 74.2 cm³/mol. The lowest BCUT2D eigenvalue weighted by Crippen LogP contribution is -2.03. The first-order valence-corrected chi connectivity index (χ1v) is 5.99. The van der Waals surface area contributed by atoms with Crippen molar-refractivity contribution >= 4 is 27.7 Å². The van der Waals surface area contributed by atoms with Crippen molar-refractivity contribution < 1.29 is 13.9 Å². The van der Waals surface area contributed by atoms with Crippen molar-refractivity contribution in [2.75, 3.05) is 6.61 Å². The molecule has 94 valence electrons.